The SMILES string of the molecule is Cc1csc(NC(=O)NCCc2ccc(C(=O)O)cc2)n1. The number of benzene rings is 1. The van der Waals surface area contributed by atoms with E-state index in [0.29, 0.717) is 18.1 Å². The number of carboxylic acid groups (broad SMARTS) is 1. The van der Waals surface area contributed by atoms with Gasteiger partial charge in [0.2, 0.25) is 0 Å². The smallest absolute Gasteiger partial charge is 0.335 e. The van der Waals surface area contributed by atoms with Crippen molar-refractivity contribution in [2.75, 3.05) is 11.9 Å². The number of rotatable bonds is 5. The van der Waals surface area contributed by atoms with Crippen molar-refractivity contribution in [2.45, 2.75) is 13.3 Å². The zero-order valence-electron chi connectivity index (χ0n) is 11.4. The average Bonchev–Trinajstić information content (AvgIpc) is 2.84. The molecule has 0 saturated heterocycles. The Morgan fingerprint density at radius 2 is 2.00 bits per heavy atom. The minimum Gasteiger partial charge on any atom is -0.478 e. The van der Waals surface area contributed by atoms with Gasteiger partial charge in [-0.3, -0.25) is 5.32 Å². The van der Waals surface area contributed by atoms with Crippen LogP contribution in [0.4, 0.5) is 9.93 Å². The van der Waals surface area contributed by atoms with Crippen LogP contribution in [-0.2, 0) is 6.42 Å². The van der Waals surface area contributed by atoms with E-state index in [1.165, 1.54) is 11.3 Å². The molecule has 110 valence electrons. The molecule has 7 heteroatoms. The van der Waals surface area contributed by atoms with Gasteiger partial charge in [-0.05, 0) is 31.0 Å². The molecule has 0 aliphatic rings. The van der Waals surface area contributed by atoms with E-state index in [0.717, 1.165) is 11.3 Å². The molecule has 0 radical (unpaired) electrons. The van der Waals surface area contributed by atoms with Gasteiger partial charge < -0.3 is 10.4 Å². The molecule has 0 saturated carbocycles. The van der Waals surface area contributed by atoms with Crippen molar-refractivity contribution in [3.8, 4) is 0 Å². The van der Waals surface area contributed by atoms with E-state index in [2.05, 4.69) is 15.6 Å². The van der Waals surface area contributed by atoms with Gasteiger partial charge in [-0.2, -0.15) is 0 Å². The lowest BCUT2D eigenvalue weighted by Crippen LogP contribution is -2.30. The Kier molecular flexibility index (Phi) is 4.89. The van der Waals surface area contributed by atoms with E-state index in [1.54, 1.807) is 24.3 Å². The molecule has 0 bridgehead atoms. The fourth-order valence-electron chi connectivity index (χ4n) is 1.69. The summed E-state index contributed by atoms with van der Waals surface area (Å²) in [5.41, 5.74) is 2.09. The van der Waals surface area contributed by atoms with Crippen LogP contribution in [0.15, 0.2) is 29.6 Å². The average molecular weight is 305 g/mol. The Bertz CT molecular complexity index is 637. The van der Waals surface area contributed by atoms with E-state index >= 15 is 0 Å². The molecule has 3 N–H and O–H groups in total. The molecule has 2 amide bonds. The normalized spacial score (nSPS) is 10.1. The summed E-state index contributed by atoms with van der Waals surface area (Å²) in [6, 6.07) is 6.29. The van der Waals surface area contributed by atoms with E-state index in [-0.39, 0.29) is 11.6 Å². The molecule has 1 heterocycles. The molecular formula is C14H15N3O3S. The summed E-state index contributed by atoms with van der Waals surface area (Å²) in [6.07, 6.45) is 0.629. The van der Waals surface area contributed by atoms with Gasteiger partial charge in [-0.15, -0.1) is 11.3 Å². The first kappa shape index (κ1) is 15.0. The molecule has 1 aromatic carbocycles. The van der Waals surface area contributed by atoms with Gasteiger partial charge in [0.25, 0.3) is 0 Å². The number of nitrogens with one attached hydrogen (secondary N) is 2. The molecule has 21 heavy (non-hydrogen) atoms. The Morgan fingerprint density at radius 1 is 1.29 bits per heavy atom. The van der Waals surface area contributed by atoms with Crippen LogP contribution in [0.5, 0.6) is 0 Å². The summed E-state index contributed by atoms with van der Waals surface area (Å²) in [7, 11) is 0. The molecule has 2 aromatic rings. The van der Waals surface area contributed by atoms with Crippen molar-refractivity contribution in [3.63, 3.8) is 0 Å². The molecule has 0 fully saturated rings. The van der Waals surface area contributed by atoms with Gasteiger partial charge in [-0.25, -0.2) is 14.6 Å². The number of carbonyl (C=O) groups excluding carboxylic acids is 1. The second-order valence-corrected chi connectivity index (χ2v) is 5.29. The lowest BCUT2D eigenvalue weighted by Gasteiger charge is -2.05. The largest absolute Gasteiger partial charge is 0.478 e. The number of nitrogens with zero attached hydrogens (tertiary/aromatic N) is 1. The van der Waals surface area contributed by atoms with Gasteiger partial charge in [-0.1, -0.05) is 12.1 Å². The van der Waals surface area contributed by atoms with E-state index < -0.39 is 5.97 Å². The number of aromatic carboxylic acids is 1. The summed E-state index contributed by atoms with van der Waals surface area (Å²) in [5.74, 6) is -0.946. The number of hydrogen-bond acceptors (Lipinski definition) is 4. The third-order valence-corrected chi connectivity index (χ3v) is 3.62. The van der Waals surface area contributed by atoms with Crippen molar-refractivity contribution in [3.05, 3.63) is 46.5 Å². The fourth-order valence-corrected chi connectivity index (χ4v) is 2.37. The predicted octanol–water partition coefficient (Wildman–Crippen LogP) is 2.51. The fraction of sp³-hybridized carbons (Fsp3) is 0.214. The van der Waals surface area contributed by atoms with Gasteiger partial charge >= 0.3 is 12.0 Å². The zero-order valence-corrected chi connectivity index (χ0v) is 12.2. The topological polar surface area (TPSA) is 91.3 Å². The number of hydrogen-bond donors (Lipinski definition) is 3. The van der Waals surface area contributed by atoms with Crippen LogP contribution in [0.25, 0.3) is 0 Å². The lowest BCUT2D eigenvalue weighted by atomic mass is 10.1. The standard InChI is InChI=1S/C14H15N3O3S/c1-9-8-21-14(16-9)17-13(20)15-7-6-10-2-4-11(5-3-10)12(18)19/h2-5,8H,6-7H2,1H3,(H,18,19)(H2,15,16,17,20). The van der Waals surface area contributed by atoms with Crippen molar-refractivity contribution in [1.29, 1.82) is 0 Å². The van der Waals surface area contributed by atoms with Gasteiger partial charge in [0.1, 0.15) is 0 Å². The molecule has 2 rings (SSSR count). The predicted molar refractivity (Wildman–Crippen MR) is 81.0 cm³/mol. The first-order chi connectivity index (χ1) is 10.0. The van der Waals surface area contributed by atoms with Crippen LogP contribution in [0, 0.1) is 6.92 Å². The third-order valence-electron chi connectivity index (χ3n) is 2.74. The van der Waals surface area contributed by atoms with Crippen molar-refractivity contribution in [1.82, 2.24) is 10.3 Å². The summed E-state index contributed by atoms with van der Waals surface area (Å²) < 4.78 is 0. The maximum absolute atomic E-state index is 11.6. The Labute approximate surface area is 125 Å². The minimum atomic E-state index is -0.946. The number of amides is 2. The zero-order chi connectivity index (χ0) is 15.2. The van der Waals surface area contributed by atoms with Crippen LogP contribution >= 0.6 is 11.3 Å². The second kappa shape index (κ2) is 6.85. The molecule has 6 nitrogen and oxygen atoms in total. The number of carbonyl (C=O) groups is 2. The van der Waals surface area contributed by atoms with Crippen LogP contribution in [0.3, 0.4) is 0 Å². The number of aryl methyl sites for hydroxylation is 1. The molecule has 0 atom stereocenters. The maximum Gasteiger partial charge on any atom is 0.335 e. The van der Waals surface area contributed by atoms with Crippen LogP contribution < -0.4 is 10.6 Å². The highest BCUT2D eigenvalue weighted by atomic mass is 32.1. The summed E-state index contributed by atoms with van der Waals surface area (Å²) >= 11 is 1.37. The molecule has 0 aliphatic carbocycles. The van der Waals surface area contributed by atoms with Gasteiger partial charge in [0.15, 0.2) is 5.13 Å². The molecule has 0 aliphatic heterocycles. The number of urea groups is 1. The van der Waals surface area contributed by atoms with Gasteiger partial charge in [0, 0.05) is 11.9 Å². The van der Waals surface area contributed by atoms with Crippen LogP contribution in [0.2, 0.25) is 0 Å². The third kappa shape index (κ3) is 4.57. The Balaban J connectivity index is 1.76. The molecule has 0 unspecified atom stereocenters. The highest BCUT2D eigenvalue weighted by molar-refractivity contribution is 7.13. The first-order valence-electron chi connectivity index (χ1n) is 6.34. The number of carboxylic acids is 1. The molecule has 1 aromatic heterocycles. The molecule has 0 spiro atoms. The maximum atomic E-state index is 11.6. The van der Waals surface area contributed by atoms with E-state index in [4.69, 9.17) is 5.11 Å². The Hall–Kier alpha value is -2.41. The van der Waals surface area contributed by atoms with Crippen LogP contribution in [0.1, 0.15) is 21.6 Å². The van der Waals surface area contributed by atoms with Crippen molar-refractivity contribution < 1.29 is 14.7 Å². The Morgan fingerprint density at radius 3 is 2.57 bits per heavy atom. The summed E-state index contributed by atoms with van der Waals surface area (Å²) in [4.78, 5) is 26.5. The minimum absolute atomic E-state index is 0.253. The van der Waals surface area contributed by atoms with Gasteiger partial charge in [0.05, 0.1) is 11.3 Å². The first-order valence-corrected chi connectivity index (χ1v) is 7.22. The van der Waals surface area contributed by atoms with Crippen LogP contribution in [-0.4, -0.2) is 28.6 Å². The van der Waals surface area contributed by atoms with E-state index in [1.807, 2.05) is 12.3 Å². The summed E-state index contributed by atoms with van der Waals surface area (Å²) in [5, 5.41) is 16.6. The number of anilines is 1. The highest BCUT2D eigenvalue weighted by Crippen LogP contribution is 2.13. The quantitative estimate of drug-likeness (QED) is 0.791. The van der Waals surface area contributed by atoms with E-state index in [9.17, 15) is 9.59 Å². The van der Waals surface area contributed by atoms with Crippen molar-refractivity contribution in [2.24, 2.45) is 0 Å². The van der Waals surface area contributed by atoms with Crippen molar-refractivity contribution >= 4 is 28.5 Å². The number of thiazole rings is 1. The lowest BCUT2D eigenvalue weighted by molar-refractivity contribution is 0.0697. The summed E-state index contributed by atoms with van der Waals surface area (Å²) in [6.45, 7) is 2.32. The second-order valence-electron chi connectivity index (χ2n) is 4.43. The number of aromatic nitrogens is 1. The monoisotopic (exact) mass is 305 g/mol. The molecular weight excluding hydrogens is 290 g/mol. The highest BCUT2D eigenvalue weighted by Gasteiger charge is 2.05.